The van der Waals surface area contributed by atoms with Crippen LogP contribution in [0, 0.1) is 0 Å². The van der Waals surface area contributed by atoms with Crippen molar-refractivity contribution >= 4 is 11.2 Å². The van der Waals surface area contributed by atoms with E-state index in [-0.39, 0.29) is 12.1 Å². The topological polar surface area (TPSA) is 102 Å². The zero-order valence-electron chi connectivity index (χ0n) is 9.17. The van der Waals surface area contributed by atoms with E-state index in [2.05, 4.69) is 10.3 Å². The van der Waals surface area contributed by atoms with Crippen LogP contribution in [0.4, 0.5) is 0 Å². The van der Waals surface area contributed by atoms with E-state index in [9.17, 15) is 15.0 Å². The van der Waals surface area contributed by atoms with Crippen molar-refractivity contribution < 1.29 is 14.9 Å². The lowest BCUT2D eigenvalue weighted by Crippen LogP contribution is -2.38. The van der Waals surface area contributed by atoms with Gasteiger partial charge in [0.05, 0.1) is 6.54 Å². The Kier molecular flexibility index (Phi) is 1.79. The van der Waals surface area contributed by atoms with Gasteiger partial charge < -0.3 is 14.9 Å². The van der Waals surface area contributed by atoms with Crippen molar-refractivity contribution in [3.8, 4) is 0 Å². The molecule has 94 valence electrons. The third kappa shape index (κ3) is 1.07. The summed E-state index contributed by atoms with van der Waals surface area (Å²) in [4.78, 5) is 12.0. The molecule has 0 radical (unpaired) electrons. The molecule has 1 fully saturated rings. The van der Waals surface area contributed by atoms with Gasteiger partial charge >= 0.3 is 0 Å². The SMILES string of the molecule is O=c1ccc2nnn3c2n1[C@@H]1O[C@H](C3)[C@@H](O)[C@H]1O. The summed E-state index contributed by atoms with van der Waals surface area (Å²) in [6.45, 7) is 0.259. The quantitative estimate of drug-likeness (QED) is 0.573. The molecule has 4 rings (SSSR count). The molecule has 0 aromatic carbocycles. The minimum atomic E-state index is -1.12. The van der Waals surface area contributed by atoms with Gasteiger partial charge in [0.25, 0.3) is 5.56 Å². The maximum Gasteiger partial charge on any atom is 0.254 e. The Morgan fingerprint density at radius 1 is 1.33 bits per heavy atom. The van der Waals surface area contributed by atoms with Crippen LogP contribution in [-0.2, 0) is 11.3 Å². The lowest BCUT2D eigenvalue weighted by Gasteiger charge is -2.19. The maximum atomic E-state index is 12.0. The number of hydrogen-bond acceptors (Lipinski definition) is 6. The van der Waals surface area contributed by atoms with E-state index in [1.54, 1.807) is 6.07 Å². The van der Waals surface area contributed by atoms with Crippen molar-refractivity contribution in [2.75, 3.05) is 0 Å². The molecule has 1 saturated heterocycles. The number of rotatable bonds is 0. The summed E-state index contributed by atoms with van der Waals surface area (Å²) in [6, 6.07) is 2.93. The van der Waals surface area contributed by atoms with E-state index in [1.807, 2.05) is 0 Å². The first-order chi connectivity index (χ1) is 8.66. The van der Waals surface area contributed by atoms with Crippen LogP contribution in [0.25, 0.3) is 11.2 Å². The predicted octanol–water partition coefficient (Wildman–Crippen LogP) is -1.77. The van der Waals surface area contributed by atoms with Crippen LogP contribution < -0.4 is 5.56 Å². The van der Waals surface area contributed by atoms with Crippen molar-refractivity contribution in [1.29, 1.82) is 0 Å². The third-order valence-electron chi connectivity index (χ3n) is 3.53. The van der Waals surface area contributed by atoms with Crippen molar-refractivity contribution in [2.45, 2.75) is 31.1 Å². The van der Waals surface area contributed by atoms with Crippen LogP contribution in [0.1, 0.15) is 6.23 Å². The highest BCUT2D eigenvalue weighted by Crippen LogP contribution is 2.33. The molecule has 4 heterocycles. The maximum absolute atomic E-state index is 12.0. The van der Waals surface area contributed by atoms with Gasteiger partial charge in [-0.1, -0.05) is 5.21 Å². The van der Waals surface area contributed by atoms with Gasteiger partial charge in [0.2, 0.25) is 0 Å². The second-order valence-electron chi connectivity index (χ2n) is 4.57. The van der Waals surface area contributed by atoms with Crippen molar-refractivity contribution in [1.82, 2.24) is 19.6 Å². The van der Waals surface area contributed by atoms with Gasteiger partial charge in [-0.3, -0.25) is 9.36 Å². The van der Waals surface area contributed by atoms with Gasteiger partial charge in [-0.2, -0.15) is 0 Å². The van der Waals surface area contributed by atoms with Gasteiger partial charge in [0.1, 0.15) is 23.8 Å². The third-order valence-corrected chi connectivity index (χ3v) is 3.53. The van der Waals surface area contributed by atoms with Crippen LogP contribution in [0.15, 0.2) is 16.9 Å². The molecule has 8 heteroatoms. The van der Waals surface area contributed by atoms with E-state index in [0.29, 0.717) is 11.2 Å². The lowest BCUT2D eigenvalue weighted by atomic mass is 10.1. The molecule has 8 nitrogen and oxygen atoms in total. The van der Waals surface area contributed by atoms with Crippen LogP contribution in [0.3, 0.4) is 0 Å². The van der Waals surface area contributed by atoms with Crippen molar-refractivity contribution in [3.63, 3.8) is 0 Å². The number of ether oxygens (including phenoxy) is 1. The lowest BCUT2D eigenvalue weighted by molar-refractivity contribution is -0.0351. The van der Waals surface area contributed by atoms with E-state index in [1.165, 1.54) is 15.3 Å². The average molecular weight is 250 g/mol. The Hall–Kier alpha value is -1.77. The molecule has 0 saturated carbocycles. The largest absolute Gasteiger partial charge is 0.387 e. The van der Waals surface area contributed by atoms with Crippen LogP contribution >= 0.6 is 0 Å². The van der Waals surface area contributed by atoms with Gasteiger partial charge in [-0.15, -0.1) is 5.10 Å². The second kappa shape index (κ2) is 3.16. The molecular formula is C10H10N4O4. The van der Waals surface area contributed by atoms with Gasteiger partial charge in [0, 0.05) is 6.07 Å². The first kappa shape index (κ1) is 10.2. The highest BCUT2D eigenvalue weighted by Gasteiger charge is 2.47. The fraction of sp³-hybridized carbons (Fsp3) is 0.500. The molecule has 2 N–H and O–H groups in total. The molecular weight excluding hydrogens is 240 g/mol. The molecule has 0 aliphatic carbocycles. The number of aliphatic hydroxyl groups is 2. The molecule has 2 aromatic rings. The van der Waals surface area contributed by atoms with Crippen molar-refractivity contribution in [3.05, 3.63) is 22.5 Å². The summed E-state index contributed by atoms with van der Waals surface area (Å²) < 4.78 is 8.36. The molecule has 2 aliphatic rings. The summed E-state index contributed by atoms with van der Waals surface area (Å²) in [6.07, 6.45) is -3.63. The van der Waals surface area contributed by atoms with E-state index in [4.69, 9.17) is 4.74 Å². The number of hydrogen-bond donors (Lipinski definition) is 2. The number of aromatic nitrogens is 4. The van der Waals surface area contributed by atoms with Crippen LogP contribution in [-0.4, -0.2) is 48.1 Å². The zero-order valence-corrected chi connectivity index (χ0v) is 9.17. The van der Waals surface area contributed by atoms with Crippen LogP contribution in [0.5, 0.6) is 0 Å². The average Bonchev–Trinajstić information content (AvgIpc) is 2.80. The molecule has 2 bridgehead atoms. The summed E-state index contributed by atoms with van der Waals surface area (Å²) in [5.41, 5.74) is 0.762. The molecule has 4 atom stereocenters. The van der Waals surface area contributed by atoms with Crippen molar-refractivity contribution in [2.24, 2.45) is 0 Å². The number of nitrogens with zero attached hydrogens (tertiary/aromatic N) is 4. The normalized spacial score (nSPS) is 33.9. The standard InChI is InChI=1S/C10H10N4O4/c15-6-2-1-4-9-13(12-11-4)3-5-7(16)8(17)10(18-5)14(6)9/h1-2,5,7-8,10,16-17H,3H2/t5-,7-,8-,10-/m1/s1. The Bertz CT molecular complexity index is 693. The monoisotopic (exact) mass is 250 g/mol. The first-order valence-corrected chi connectivity index (χ1v) is 5.63. The summed E-state index contributed by atoms with van der Waals surface area (Å²) >= 11 is 0. The van der Waals surface area contributed by atoms with Gasteiger partial charge in [-0.05, 0) is 6.07 Å². The van der Waals surface area contributed by atoms with Crippen LogP contribution in [0.2, 0.25) is 0 Å². The van der Waals surface area contributed by atoms with E-state index < -0.39 is 24.5 Å². The zero-order chi connectivity index (χ0) is 12.4. The fourth-order valence-electron chi connectivity index (χ4n) is 2.64. The molecule has 18 heavy (non-hydrogen) atoms. The van der Waals surface area contributed by atoms with E-state index in [0.717, 1.165) is 0 Å². The highest BCUT2D eigenvalue weighted by molar-refractivity contribution is 5.70. The molecule has 2 aliphatic heterocycles. The van der Waals surface area contributed by atoms with E-state index >= 15 is 0 Å². The summed E-state index contributed by atoms with van der Waals surface area (Å²) in [7, 11) is 0. The minimum absolute atomic E-state index is 0.259. The van der Waals surface area contributed by atoms with Gasteiger partial charge in [-0.25, -0.2) is 4.68 Å². The number of pyridine rings is 1. The minimum Gasteiger partial charge on any atom is -0.387 e. The Morgan fingerprint density at radius 3 is 3.00 bits per heavy atom. The van der Waals surface area contributed by atoms with Gasteiger partial charge in [0.15, 0.2) is 11.9 Å². The summed E-state index contributed by atoms with van der Waals surface area (Å²) in [5, 5.41) is 27.7. The first-order valence-electron chi connectivity index (χ1n) is 5.63. The molecule has 0 amide bonds. The smallest absolute Gasteiger partial charge is 0.254 e. The Balaban J connectivity index is 2.10. The Morgan fingerprint density at radius 2 is 2.17 bits per heavy atom. The highest BCUT2D eigenvalue weighted by atomic mass is 16.6. The predicted molar refractivity (Wildman–Crippen MR) is 57.7 cm³/mol. The Labute approximate surface area is 100 Å². The second-order valence-corrected chi connectivity index (χ2v) is 4.57. The fourth-order valence-corrected chi connectivity index (χ4v) is 2.64. The summed E-state index contributed by atoms with van der Waals surface area (Å²) in [5.74, 6) is 0. The molecule has 0 unspecified atom stereocenters. The number of fused-ring (bicyclic) bond motifs is 3. The molecule has 0 spiro atoms. The molecule has 2 aromatic heterocycles. The number of aliphatic hydroxyl groups excluding tert-OH is 2.